The third-order valence-corrected chi connectivity index (χ3v) is 4.43. The lowest BCUT2D eigenvalue weighted by atomic mass is 10.2. The standard InChI is InChI=1S/C19H23ClN4O5/c1-23(12-16(25)21-9-6-10-28-2)15-11-22-24(18(26)17(15)20)14-8-5-4-7-13(14)19(27)29-3/h4-5,7-8,11H,6,9-10,12H2,1-3H3,(H,21,25). The Bertz CT molecular complexity index is 931. The quantitative estimate of drug-likeness (QED) is 0.479. The number of nitrogens with zero attached hydrogens (tertiary/aromatic N) is 3. The van der Waals surface area contributed by atoms with Crippen molar-refractivity contribution in [2.24, 2.45) is 0 Å². The van der Waals surface area contributed by atoms with Gasteiger partial charge in [0.25, 0.3) is 5.56 Å². The van der Waals surface area contributed by atoms with E-state index in [1.54, 1.807) is 32.4 Å². The van der Waals surface area contributed by atoms with Crippen LogP contribution in [0.3, 0.4) is 0 Å². The van der Waals surface area contributed by atoms with E-state index in [4.69, 9.17) is 21.1 Å². The Kier molecular flexibility index (Phi) is 8.17. The van der Waals surface area contributed by atoms with Crippen molar-refractivity contribution in [3.8, 4) is 5.69 Å². The van der Waals surface area contributed by atoms with Crippen molar-refractivity contribution in [2.45, 2.75) is 6.42 Å². The maximum atomic E-state index is 12.8. The highest BCUT2D eigenvalue weighted by Gasteiger charge is 2.19. The zero-order valence-corrected chi connectivity index (χ0v) is 17.2. The fourth-order valence-corrected chi connectivity index (χ4v) is 2.88. The van der Waals surface area contributed by atoms with E-state index in [2.05, 4.69) is 10.4 Å². The summed E-state index contributed by atoms with van der Waals surface area (Å²) in [5, 5.41) is 6.76. The van der Waals surface area contributed by atoms with Gasteiger partial charge in [0.1, 0.15) is 5.02 Å². The van der Waals surface area contributed by atoms with Crippen LogP contribution in [-0.2, 0) is 14.3 Å². The van der Waals surface area contributed by atoms with Gasteiger partial charge in [-0.1, -0.05) is 23.7 Å². The fraction of sp³-hybridized carbons (Fsp3) is 0.368. The third-order valence-electron chi connectivity index (χ3n) is 4.08. The Morgan fingerprint density at radius 2 is 2.00 bits per heavy atom. The van der Waals surface area contributed by atoms with Crippen molar-refractivity contribution in [2.75, 3.05) is 45.9 Å². The van der Waals surface area contributed by atoms with E-state index in [1.807, 2.05) is 0 Å². The van der Waals surface area contributed by atoms with Crippen LogP contribution >= 0.6 is 11.6 Å². The van der Waals surface area contributed by atoms with E-state index < -0.39 is 11.5 Å². The van der Waals surface area contributed by atoms with Crippen LogP contribution in [0, 0.1) is 0 Å². The van der Waals surface area contributed by atoms with Gasteiger partial charge in [0.05, 0.1) is 36.8 Å². The highest BCUT2D eigenvalue weighted by molar-refractivity contribution is 6.33. The number of carbonyl (C=O) groups excluding carboxylic acids is 2. The summed E-state index contributed by atoms with van der Waals surface area (Å²) in [5.74, 6) is -0.823. The maximum absolute atomic E-state index is 12.8. The molecule has 0 aliphatic carbocycles. The van der Waals surface area contributed by atoms with Gasteiger partial charge in [-0.2, -0.15) is 9.78 Å². The molecule has 0 fully saturated rings. The Morgan fingerprint density at radius 3 is 2.69 bits per heavy atom. The average molecular weight is 423 g/mol. The largest absolute Gasteiger partial charge is 0.465 e. The molecule has 0 radical (unpaired) electrons. The van der Waals surface area contributed by atoms with Crippen molar-refractivity contribution in [3.63, 3.8) is 0 Å². The number of halogens is 1. The number of para-hydroxylation sites is 1. The lowest BCUT2D eigenvalue weighted by Gasteiger charge is -2.20. The minimum absolute atomic E-state index is 0.00339. The first-order chi connectivity index (χ1) is 13.9. The molecule has 10 heteroatoms. The molecule has 29 heavy (non-hydrogen) atoms. The smallest absolute Gasteiger partial charge is 0.340 e. The topological polar surface area (TPSA) is 103 Å². The van der Waals surface area contributed by atoms with Gasteiger partial charge >= 0.3 is 5.97 Å². The van der Waals surface area contributed by atoms with Gasteiger partial charge in [-0.25, -0.2) is 4.79 Å². The van der Waals surface area contributed by atoms with E-state index in [9.17, 15) is 14.4 Å². The first kappa shape index (κ1) is 22.4. The molecule has 2 aromatic rings. The summed E-state index contributed by atoms with van der Waals surface area (Å²) < 4.78 is 10.7. The summed E-state index contributed by atoms with van der Waals surface area (Å²) in [6.07, 6.45) is 2.07. The normalized spacial score (nSPS) is 10.5. The van der Waals surface area contributed by atoms with E-state index in [1.165, 1.54) is 24.3 Å². The van der Waals surface area contributed by atoms with E-state index in [-0.39, 0.29) is 28.7 Å². The lowest BCUT2D eigenvalue weighted by molar-refractivity contribution is -0.119. The zero-order valence-electron chi connectivity index (χ0n) is 16.5. The Morgan fingerprint density at radius 1 is 1.28 bits per heavy atom. The van der Waals surface area contributed by atoms with Crippen LogP contribution in [0.2, 0.25) is 5.02 Å². The van der Waals surface area contributed by atoms with E-state index in [0.29, 0.717) is 25.3 Å². The van der Waals surface area contributed by atoms with Gasteiger partial charge in [-0.3, -0.25) is 9.59 Å². The van der Waals surface area contributed by atoms with Gasteiger partial charge in [0, 0.05) is 27.3 Å². The SMILES string of the molecule is COCCCNC(=O)CN(C)c1cnn(-c2ccccc2C(=O)OC)c(=O)c1Cl. The molecule has 1 N–H and O–H groups in total. The van der Waals surface area contributed by atoms with Crippen molar-refractivity contribution in [1.29, 1.82) is 0 Å². The number of methoxy groups -OCH3 is 2. The molecule has 1 aromatic heterocycles. The number of carbonyl (C=O) groups is 2. The number of hydrogen-bond acceptors (Lipinski definition) is 7. The number of hydrogen-bond donors (Lipinski definition) is 1. The predicted octanol–water partition coefficient (Wildman–Crippen LogP) is 1.26. The van der Waals surface area contributed by atoms with Crippen LogP contribution in [0.25, 0.3) is 5.69 Å². The summed E-state index contributed by atoms with van der Waals surface area (Å²) in [4.78, 5) is 38.3. The molecule has 1 amide bonds. The maximum Gasteiger partial charge on any atom is 0.340 e. The van der Waals surface area contributed by atoms with E-state index >= 15 is 0 Å². The number of esters is 1. The molecule has 0 atom stereocenters. The summed E-state index contributed by atoms with van der Waals surface area (Å²) >= 11 is 6.26. The van der Waals surface area contributed by atoms with Crippen molar-refractivity contribution in [3.05, 3.63) is 51.4 Å². The summed E-state index contributed by atoms with van der Waals surface area (Å²) in [6, 6.07) is 6.40. The molecule has 9 nitrogen and oxygen atoms in total. The highest BCUT2D eigenvalue weighted by Crippen LogP contribution is 2.21. The number of nitrogens with one attached hydrogen (secondary N) is 1. The van der Waals surface area contributed by atoms with Crippen molar-refractivity contribution < 1.29 is 19.1 Å². The lowest BCUT2D eigenvalue weighted by Crippen LogP contribution is -2.37. The number of rotatable bonds is 9. The molecule has 0 spiro atoms. The van der Waals surface area contributed by atoms with Crippen LogP contribution in [0.1, 0.15) is 16.8 Å². The first-order valence-electron chi connectivity index (χ1n) is 8.83. The first-order valence-corrected chi connectivity index (χ1v) is 9.20. The number of amides is 1. The Balaban J connectivity index is 2.23. The molecule has 0 aliphatic rings. The van der Waals surface area contributed by atoms with Gasteiger partial charge in [-0.05, 0) is 18.6 Å². The van der Waals surface area contributed by atoms with Gasteiger partial charge in [-0.15, -0.1) is 0 Å². The Labute approximate surface area is 173 Å². The summed E-state index contributed by atoms with van der Waals surface area (Å²) in [7, 11) is 4.47. The molecule has 0 saturated carbocycles. The van der Waals surface area contributed by atoms with Gasteiger partial charge < -0.3 is 19.7 Å². The monoisotopic (exact) mass is 422 g/mol. The minimum Gasteiger partial charge on any atom is -0.465 e. The van der Waals surface area contributed by atoms with Crippen LogP contribution in [0.5, 0.6) is 0 Å². The second-order valence-electron chi connectivity index (χ2n) is 6.12. The molecule has 0 bridgehead atoms. The molecule has 2 rings (SSSR count). The average Bonchev–Trinajstić information content (AvgIpc) is 2.72. The molecule has 0 unspecified atom stereocenters. The summed E-state index contributed by atoms with van der Waals surface area (Å²) in [5.41, 5.74) is 0.108. The van der Waals surface area contributed by atoms with Crippen molar-refractivity contribution in [1.82, 2.24) is 15.1 Å². The van der Waals surface area contributed by atoms with Crippen LogP contribution in [-0.4, -0.2) is 62.6 Å². The predicted molar refractivity (Wildman–Crippen MR) is 109 cm³/mol. The number of benzene rings is 1. The molecular weight excluding hydrogens is 400 g/mol. The molecule has 0 aliphatic heterocycles. The van der Waals surface area contributed by atoms with Gasteiger partial charge in [0.2, 0.25) is 5.91 Å². The number of likely N-dealkylation sites (N-methyl/N-ethyl adjacent to an activating group) is 1. The second kappa shape index (κ2) is 10.6. The number of ether oxygens (including phenoxy) is 2. The minimum atomic E-state index is -0.618. The zero-order chi connectivity index (χ0) is 21.4. The van der Waals surface area contributed by atoms with Crippen LogP contribution < -0.4 is 15.8 Å². The molecule has 156 valence electrons. The molecular formula is C19H23ClN4O5. The van der Waals surface area contributed by atoms with Crippen molar-refractivity contribution >= 4 is 29.2 Å². The third kappa shape index (κ3) is 5.55. The fourth-order valence-electron chi connectivity index (χ4n) is 2.60. The number of aromatic nitrogens is 2. The second-order valence-corrected chi connectivity index (χ2v) is 6.50. The van der Waals surface area contributed by atoms with Crippen LogP contribution in [0.15, 0.2) is 35.3 Å². The molecule has 0 saturated heterocycles. The van der Waals surface area contributed by atoms with Crippen LogP contribution in [0.4, 0.5) is 5.69 Å². The molecule has 1 heterocycles. The number of anilines is 1. The summed E-state index contributed by atoms with van der Waals surface area (Å²) in [6.45, 7) is 1.03. The Hall–Kier alpha value is -2.91. The van der Waals surface area contributed by atoms with Gasteiger partial charge in [0.15, 0.2) is 0 Å². The highest BCUT2D eigenvalue weighted by atomic mass is 35.5. The molecule has 1 aromatic carbocycles. The van der Waals surface area contributed by atoms with E-state index in [0.717, 1.165) is 4.68 Å².